The largest absolute Gasteiger partial charge is 0.492 e. The molecule has 0 spiro atoms. The van der Waals surface area contributed by atoms with E-state index < -0.39 is 6.09 Å². The Morgan fingerprint density at radius 2 is 2.17 bits per heavy atom. The van der Waals surface area contributed by atoms with Crippen molar-refractivity contribution in [1.82, 2.24) is 9.80 Å². The van der Waals surface area contributed by atoms with Crippen molar-refractivity contribution in [3.8, 4) is 5.75 Å². The Kier molecular flexibility index (Phi) is 5.91. The van der Waals surface area contributed by atoms with Crippen LogP contribution < -0.4 is 4.74 Å². The van der Waals surface area contributed by atoms with E-state index in [2.05, 4.69) is 0 Å². The summed E-state index contributed by atoms with van der Waals surface area (Å²) in [5, 5.41) is 9.98. The van der Waals surface area contributed by atoms with Crippen molar-refractivity contribution >= 4 is 23.4 Å². The zero-order valence-electron chi connectivity index (χ0n) is 13.8. The van der Waals surface area contributed by atoms with Crippen LogP contribution in [0.3, 0.4) is 0 Å². The number of likely N-dealkylation sites (N-methyl/N-ethyl adjacent to an activating group) is 1. The topological polar surface area (TPSA) is 53.0 Å². The first-order valence-corrected chi connectivity index (χ1v) is 8.03. The van der Waals surface area contributed by atoms with E-state index in [9.17, 15) is 9.90 Å². The average Bonchev–Trinajstić information content (AvgIpc) is 2.46. The van der Waals surface area contributed by atoms with E-state index in [4.69, 9.17) is 16.3 Å². The number of carbonyl (C=O) groups is 1. The van der Waals surface area contributed by atoms with Gasteiger partial charge in [0.25, 0.3) is 0 Å². The molecule has 6 heteroatoms. The minimum absolute atomic E-state index is 0.310. The summed E-state index contributed by atoms with van der Waals surface area (Å²) in [5.74, 6) is 0.962. The molecular weight excluding hydrogens is 316 g/mol. The van der Waals surface area contributed by atoms with Gasteiger partial charge in [0, 0.05) is 23.7 Å². The van der Waals surface area contributed by atoms with Crippen LogP contribution in [0.15, 0.2) is 24.3 Å². The third kappa shape index (κ3) is 4.88. The van der Waals surface area contributed by atoms with Gasteiger partial charge in [-0.05, 0) is 44.6 Å². The molecule has 0 saturated carbocycles. The second kappa shape index (κ2) is 7.70. The van der Waals surface area contributed by atoms with Gasteiger partial charge in [-0.25, -0.2) is 4.79 Å². The third-order valence-corrected chi connectivity index (χ3v) is 3.92. The molecule has 0 aromatic heterocycles. The van der Waals surface area contributed by atoms with Crippen LogP contribution >= 0.6 is 11.6 Å². The molecule has 0 saturated heterocycles. The summed E-state index contributed by atoms with van der Waals surface area (Å²) in [6, 6.07) is 5.37. The molecule has 2 rings (SSSR count). The van der Waals surface area contributed by atoms with Crippen molar-refractivity contribution in [3.05, 3.63) is 34.9 Å². The number of hydrogen-bond acceptors (Lipinski definition) is 3. The highest BCUT2D eigenvalue weighted by Gasteiger charge is 2.25. The van der Waals surface area contributed by atoms with Crippen LogP contribution in [0.25, 0.3) is 5.70 Å². The first kappa shape index (κ1) is 17.6. The highest BCUT2D eigenvalue weighted by atomic mass is 35.5. The van der Waals surface area contributed by atoms with E-state index in [-0.39, 0.29) is 0 Å². The molecule has 5 nitrogen and oxygen atoms in total. The lowest BCUT2D eigenvalue weighted by Crippen LogP contribution is -2.34. The van der Waals surface area contributed by atoms with Crippen LogP contribution in [0.2, 0.25) is 5.02 Å². The second-order valence-electron chi connectivity index (χ2n) is 6.15. The van der Waals surface area contributed by atoms with Gasteiger partial charge in [0.1, 0.15) is 12.4 Å². The quantitative estimate of drug-likeness (QED) is 0.890. The van der Waals surface area contributed by atoms with Crippen LogP contribution in [-0.2, 0) is 0 Å². The number of amides is 1. The van der Waals surface area contributed by atoms with Crippen LogP contribution in [0.5, 0.6) is 5.75 Å². The zero-order chi connectivity index (χ0) is 17.0. The van der Waals surface area contributed by atoms with Gasteiger partial charge in [0.05, 0.1) is 5.70 Å². The molecule has 0 radical (unpaired) electrons. The summed E-state index contributed by atoms with van der Waals surface area (Å²) in [4.78, 5) is 14.9. The van der Waals surface area contributed by atoms with Gasteiger partial charge < -0.3 is 14.7 Å². The molecule has 0 fully saturated rings. The zero-order valence-corrected chi connectivity index (χ0v) is 14.5. The van der Waals surface area contributed by atoms with Crippen molar-refractivity contribution < 1.29 is 14.6 Å². The molecule has 1 heterocycles. The van der Waals surface area contributed by atoms with Crippen LogP contribution in [0.4, 0.5) is 4.79 Å². The van der Waals surface area contributed by atoms with Crippen LogP contribution in [0, 0.1) is 5.92 Å². The molecule has 0 bridgehead atoms. The van der Waals surface area contributed by atoms with Crippen LogP contribution in [0.1, 0.15) is 18.9 Å². The Morgan fingerprint density at radius 1 is 1.43 bits per heavy atom. The van der Waals surface area contributed by atoms with Crippen molar-refractivity contribution in [2.45, 2.75) is 13.3 Å². The molecule has 0 aliphatic carbocycles. The van der Waals surface area contributed by atoms with Gasteiger partial charge in [-0.1, -0.05) is 24.6 Å². The van der Waals surface area contributed by atoms with Crippen molar-refractivity contribution in [3.63, 3.8) is 0 Å². The summed E-state index contributed by atoms with van der Waals surface area (Å²) in [6.45, 7) is 3.87. The van der Waals surface area contributed by atoms with E-state index in [0.29, 0.717) is 35.5 Å². The SMILES string of the molecule is C[C@H]1CC=C(c2cc(Cl)cc(OCCN(C)C)c2)N(C(=O)O)C1. The highest BCUT2D eigenvalue weighted by molar-refractivity contribution is 6.30. The smallest absolute Gasteiger partial charge is 0.411 e. The molecule has 1 N–H and O–H groups in total. The summed E-state index contributed by atoms with van der Waals surface area (Å²) >= 11 is 6.18. The molecule has 1 amide bonds. The lowest BCUT2D eigenvalue weighted by molar-refractivity contribution is 0.159. The van der Waals surface area contributed by atoms with Gasteiger partial charge in [0.2, 0.25) is 0 Å². The summed E-state index contributed by atoms with van der Waals surface area (Å²) < 4.78 is 5.73. The van der Waals surface area contributed by atoms with E-state index in [1.165, 1.54) is 4.90 Å². The molecule has 1 aromatic carbocycles. The Labute approximate surface area is 142 Å². The lowest BCUT2D eigenvalue weighted by atomic mass is 9.98. The minimum Gasteiger partial charge on any atom is -0.492 e. The molecular formula is C17H23ClN2O3. The van der Waals surface area contributed by atoms with Gasteiger partial charge in [0.15, 0.2) is 0 Å². The second-order valence-corrected chi connectivity index (χ2v) is 6.59. The number of rotatable bonds is 5. The fraction of sp³-hybridized carbons (Fsp3) is 0.471. The van der Waals surface area contributed by atoms with E-state index in [1.807, 2.05) is 38.1 Å². The summed E-state index contributed by atoms with van der Waals surface area (Å²) in [7, 11) is 3.96. The maximum atomic E-state index is 11.5. The van der Waals surface area contributed by atoms with Crippen LogP contribution in [-0.4, -0.2) is 54.8 Å². The van der Waals surface area contributed by atoms with Gasteiger partial charge in [-0.15, -0.1) is 0 Å². The minimum atomic E-state index is -0.946. The molecule has 23 heavy (non-hydrogen) atoms. The van der Waals surface area contributed by atoms with E-state index >= 15 is 0 Å². The summed E-state index contributed by atoms with van der Waals surface area (Å²) in [6.07, 6.45) is 1.86. The number of allylic oxidation sites excluding steroid dienone is 1. The number of halogens is 1. The molecule has 1 atom stereocenters. The lowest BCUT2D eigenvalue weighted by Gasteiger charge is -2.30. The number of ether oxygens (including phenoxy) is 1. The standard InChI is InChI=1S/C17H23ClN2O3/c1-12-4-5-16(20(11-12)17(21)22)13-8-14(18)10-15(9-13)23-7-6-19(2)3/h5,8-10,12H,4,6-7,11H2,1-3H3,(H,21,22)/t12-/m0/s1. The Balaban J connectivity index is 2.24. The fourth-order valence-corrected chi connectivity index (χ4v) is 2.73. The van der Waals surface area contributed by atoms with Crippen molar-refractivity contribution in [1.29, 1.82) is 0 Å². The first-order chi connectivity index (χ1) is 10.9. The Hall–Kier alpha value is -1.72. The van der Waals surface area contributed by atoms with Gasteiger partial charge in [-0.3, -0.25) is 4.90 Å². The van der Waals surface area contributed by atoms with Crippen molar-refractivity contribution in [2.24, 2.45) is 5.92 Å². The number of nitrogens with zero attached hydrogens (tertiary/aromatic N) is 2. The first-order valence-electron chi connectivity index (χ1n) is 7.66. The molecule has 0 unspecified atom stereocenters. The van der Waals surface area contributed by atoms with Crippen molar-refractivity contribution in [2.75, 3.05) is 33.8 Å². The highest BCUT2D eigenvalue weighted by Crippen LogP contribution is 2.31. The maximum Gasteiger partial charge on any atom is 0.411 e. The fourth-order valence-electron chi connectivity index (χ4n) is 2.50. The predicted octanol–water partition coefficient (Wildman–Crippen LogP) is 3.64. The number of benzene rings is 1. The van der Waals surface area contributed by atoms with Gasteiger partial charge >= 0.3 is 6.09 Å². The Bertz CT molecular complexity index is 602. The molecule has 1 aromatic rings. The molecule has 1 aliphatic heterocycles. The molecule has 1 aliphatic rings. The summed E-state index contributed by atoms with van der Waals surface area (Å²) in [5.41, 5.74) is 1.45. The monoisotopic (exact) mass is 338 g/mol. The normalized spacial score (nSPS) is 18.0. The predicted molar refractivity (Wildman–Crippen MR) is 92.0 cm³/mol. The average molecular weight is 339 g/mol. The van der Waals surface area contributed by atoms with Gasteiger partial charge in [-0.2, -0.15) is 0 Å². The molecule has 126 valence electrons. The number of hydrogen-bond donors (Lipinski definition) is 1. The Morgan fingerprint density at radius 3 is 2.83 bits per heavy atom. The maximum absolute atomic E-state index is 11.5. The number of carboxylic acid groups (broad SMARTS) is 1. The van der Waals surface area contributed by atoms with E-state index in [0.717, 1.165) is 18.5 Å². The van der Waals surface area contributed by atoms with E-state index in [1.54, 1.807) is 12.1 Å². The third-order valence-electron chi connectivity index (χ3n) is 3.70.